The van der Waals surface area contributed by atoms with Crippen molar-refractivity contribution in [3.8, 4) is 17.2 Å². The summed E-state index contributed by atoms with van der Waals surface area (Å²) in [5, 5.41) is 19.1. The number of phenols is 2. The SMILES string of the molecule is COc1ccc2c(c1)CCN=C2Cc1cc(O)cc(O)c1. The molecule has 1 aliphatic heterocycles. The Kier molecular flexibility index (Phi) is 3.52. The molecule has 0 radical (unpaired) electrons. The zero-order valence-corrected chi connectivity index (χ0v) is 11.8. The highest BCUT2D eigenvalue weighted by molar-refractivity contribution is 6.04. The minimum Gasteiger partial charge on any atom is -0.508 e. The number of ether oxygens (including phenoxy) is 1. The molecule has 0 aliphatic carbocycles. The Balaban J connectivity index is 1.92. The summed E-state index contributed by atoms with van der Waals surface area (Å²) in [5.74, 6) is 0.984. The molecule has 0 aromatic heterocycles. The van der Waals surface area contributed by atoms with Crippen LogP contribution in [-0.4, -0.2) is 29.6 Å². The maximum atomic E-state index is 9.57. The molecule has 0 bridgehead atoms. The van der Waals surface area contributed by atoms with Crippen LogP contribution in [0.2, 0.25) is 0 Å². The molecule has 0 saturated heterocycles. The number of benzene rings is 2. The van der Waals surface area contributed by atoms with Crippen LogP contribution < -0.4 is 4.74 Å². The van der Waals surface area contributed by atoms with E-state index in [2.05, 4.69) is 4.99 Å². The number of hydrogen-bond acceptors (Lipinski definition) is 4. The second kappa shape index (κ2) is 5.48. The van der Waals surface area contributed by atoms with E-state index in [0.29, 0.717) is 6.42 Å². The molecule has 2 aromatic carbocycles. The molecule has 0 unspecified atom stereocenters. The van der Waals surface area contributed by atoms with Gasteiger partial charge in [-0.05, 0) is 53.4 Å². The van der Waals surface area contributed by atoms with Gasteiger partial charge in [0.05, 0.1) is 7.11 Å². The zero-order valence-electron chi connectivity index (χ0n) is 11.8. The number of aliphatic imine (C=N–C) groups is 1. The maximum absolute atomic E-state index is 9.57. The topological polar surface area (TPSA) is 62.0 Å². The molecule has 1 aliphatic rings. The number of rotatable bonds is 3. The monoisotopic (exact) mass is 283 g/mol. The number of aromatic hydroxyl groups is 2. The van der Waals surface area contributed by atoms with E-state index in [1.54, 1.807) is 19.2 Å². The summed E-state index contributed by atoms with van der Waals surface area (Å²) >= 11 is 0. The number of methoxy groups -OCH3 is 1. The molecule has 0 spiro atoms. The lowest BCUT2D eigenvalue weighted by Gasteiger charge is -2.18. The summed E-state index contributed by atoms with van der Waals surface area (Å²) in [4.78, 5) is 4.59. The lowest BCUT2D eigenvalue weighted by molar-refractivity contribution is 0.414. The molecular formula is C17H17NO3. The molecule has 3 rings (SSSR count). The summed E-state index contributed by atoms with van der Waals surface area (Å²) in [5.41, 5.74) is 4.16. The Morgan fingerprint density at radius 1 is 1.10 bits per heavy atom. The van der Waals surface area contributed by atoms with Gasteiger partial charge in [-0.25, -0.2) is 0 Å². The van der Waals surface area contributed by atoms with Crippen LogP contribution in [-0.2, 0) is 12.8 Å². The Bertz CT molecular complexity index is 687. The summed E-state index contributed by atoms with van der Waals surface area (Å²) < 4.78 is 5.26. The predicted octanol–water partition coefficient (Wildman–Crippen LogP) is 2.69. The molecule has 2 N–H and O–H groups in total. The third-order valence-corrected chi connectivity index (χ3v) is 3.64. The molecule has 0 saturated carbocycles. The first-order valence-electron chi connectivity index (χ1n) is 6.88. The van der Waals surface area contributed by atoms with Crippen LogP contribution in [0.4, 0.5) is 0 Å². The van der Waals surface area contributed by atoms with Crippen LogP contribution in [0.5, 0.6) is 17.2 Å². The highest BCUT2D eigenvalue weighted by Gasteiger charge is 2.15. The predicted molar refractivity (Wildman–Crippen MR) is 81.6 cm³/mol. The van der Waals surface area contributed by atoms with Gasteiger partial charge in [-0.2, -0.15) is 0 Å². The van der Waals surface area contributed by atoms with Crippen LogP contribution >= 0.6 is 0 Å². The Morgan fingerprint density at radius 3 is 2.57 bits per heavy atom. The first kappa shape index (κ1) is 13.5. The van der Waals surface area contributed by atoms with E-state index >= 15 is 0 Å². The summed E-state index contributed by atoms with van der Waals surface area (Å²) in [7, 11) is 1.66. The average molecular weight is 283 g/mol. The first-order chi connectivity index (χ1) is 10.2. The van der Waals surface area contributed by atoms with Crippen molar-refractivity contribution in [3.63, 3.8) is 0 Å². The molecule has 21 heavy (non-hydrogen) atoms. The fourth-order valence-electron chi connectivity index (χ4n) is 2.68. The molecule has 108 valence electrons. The van der Waals surface area contributed by atoms with E-state index in [0.717, 1.165) is 35.6 Å². The van der Waals surface area contributed by atoms with Crippen molar-refractivity contribution < 1.29 is 14.9 Å². The summed E-state index contributed by atoms with van der Waals surface area (Å²) in [6.07, 6.45) is 1.49. The van der Waals surface area contributed by atoms with Crippen LogP contribution in [0.3, 0.4) is 0 Å². The minimum absolute atomic E-state index is 0.0661. The number of nitrogens with zero attached hydrogens (tertiary/aromatic N) is 1. The Hall–Kier alpha value is -2.49. The van der Waals surface area contributed by atoms with E-state index < -0.39 is 0 Å². The van der Waals surface area contributed by atoms with Gasteiger partial charge in [0.25, 0.3) is 0 Å². The average Bonchev–Trinajstić information content (AvgIpc) is 2.46. The standard InChI is InChI=1S/C17H17NO3/c1-21-15-2-3-16-12(9-15)4-5-18-17(16)8-11-6-13(19)10-14(20)7-11/h2-3,6-7,9-10,19-20H,4-5,8H2,1H3. The first-order valence-corrected chi connectivity index (χ1v) is 6.88. The van der Waals surface area contributed by atoms with E-state index in [-0.39, 0.29) is 11.5 Å². The van der Waals surface area contributed by atoms with Crippen molar-refractivity contribution in [3.05, 3.63) is 53.1 Å². The normalized spacial score (nSPS) is 13.5. The van der Waals surface area contributed by atoms with Gasteiger partial charge in [0, 0.05) is 24.7 Å². The van der Waals surface area contributed by atoms with Crippen LogP contribution in [0, 0.1) is 0 Å². The highest BCUT2D eigenvalue weighted by atomic mass is 16.5. The van der Waals surface area contributed by atoms with Gasteiger partial charge < -0.3 is 14.9 Å². The maximum Gasteiger partial charge on any atom is 0.119 e. The van der Waals surface area contributed by atoms with Crippen molar-refractivity contribution in [1.29, 1.82) is 0 Å². The molecule has 0 atom stereocenters. The van der Waals surface area contributed by atoms with Crippen LogP contribution in [0.25, 0.3) is 0 Å². The fraction of sp³-hybridized carbons (Fsp3) is 0.235. The van der Waals surface area contributed by atoms with E-state index in [1.807, 2.05) is 18.2 Å². The van der Waals surface area contributed by atoms with Crippen molar-refractivity contribution in [1.82, 2.24) is 0 Å². The number of phenolic OH excluding ortho intramolecular Hbond substituents is 2. The molecule has 2 aromatic rings. The summed E-state index contributed by atoms with van der Waals surface area (Å²) in [6, 6.07) is 10.6. The highest BCUT2D eigenvalue weighted by Crippen LogP contribution is 2.26. The number of fused-ring (bicyclic) bond motifs is 1. The smallest absolute Gasteiger partial charge is 0.119 e. The van der Waals surface area contributed by atoms with Crippen molar-refractivity contribution in [2.45, 2.75) is 12.8 Å². The van der Waals surface area contributed by atoms with Crippen molar-refractivity contribution in [2.24, 2.45) is 4.99 Å². The lowest BCUT2D eigenvalue weighted by Crippen LogP contribution is -2.15. The van der Waals surface area contributed by atoms with E-state index in [4.69, 9.17) is 4.74 Å². The second-order valence-corrected chi connectivity index (χ2v) is 5.14. The van der Waals surface area contributed by atoms with Gasteiger partial charge in [0.15, 0.2) is 0 Å². The zero-order chi connectivity index (χ0) is 14.8. The molecule has 4 nitrogen and oxygen atoms in total. The third-order valence-electron chi connectivity index (χ3n) is 3.64. The van der Waals surface area contributed by atoms with Gasteiger partial charge in [-0.3, -0.25) is 4.99 Å². The molecule has 1 heterocycles. The quantitative estimate of drug-likeness (QED) is 0.910. The summed E-state index contributed by atoms with van der Waals surface area (Å²) in [6.45, 7) is 0.750. The molecular weight excluding hydrogens is 266 g/mol. The van der Waals surface area contributed by atoms with Gasteiger partial charge >= 0.3 is 0 Å². The fourth-order valence-corrected chi connectivity index (χ4v) is 2.68. The van der Waals surface area contributed by atoms with Gasteiger partial charge in [0.2, 0.25) is 0 Å². The Labute approximate surface area is 123 Å². The molecule has 4 heteroatoms. The lowest BCUT2D eigenvalue weighted by atomic mass is 9.93. The Morgan fingerprint density at radius 2 is 1.86 bits per heavy atom. The van der Waals surface area contributed by atoms with E-state index in [1.165, 1.54) is 11.6 Å². The van der Waals surface area contributed by atoms with Crippen LogP contribution in [0.15, 0.2) is 41.4 Å². The van der Waals surface area contributed by atoms with Gasteiger partial charge in [-0.15, -0.1) is 0 Å². The second-order valence-electron chi connectivity index (χ2n) is 5.14. The molecule has 0 fully saturated rings. The van der Waals surface area contributed by atoms with Crippen molar-refractivity contribution in [2.75, 3.05) is 13.7 Å². The van der Waals surface area contributed by atoms with E-state index in [9.17, 15) is 10.2 Å². The van der Waals surface area contributed by atoms with Crippen molar-refractivity contribution >= 4 is 5.71 Å². The third kappa shape index (κ3) is 2.84. The molecule has 0 amide bonds. The largest absolute Gasteiger partial charge is 0.508 e. The van der Waals surface area contributed by atoms with Gasteiger partial charge in [-0.1, -0.05) is 0 Å². The van der Waals surface area contributed by atoms with Gasteiger partial charge in [0.1, 0.15) is 17.2 Å². The minimum atomic E-state index is 0.0661. The van der Waals surface area contributed by atoms with Crippen LogP contribution in [0.1, 0.15) is 16.7 Å². The number of hydrogen-bond donors (Lipinski definition) is 2.